The fourth-order valence-electron chi connectivity index (χ4n) is 2.76. The van der Waals surface area contributed by atoms with Gasteiger partial charge in [0.15, 0.2) is 0 Å². The Kier molecular flexibility index (Phi) is 4.42. The number of benzene rings is 1. The number of amides is 2. The van der Waals surface area contributed by atoms with Gasteiger partial charge in [0.25, 0.3) is 11.8 Å². The van der Waals surface area contributed by atoms with Crippen LogP contribution in [0.1, 0.15) is 18.9 Å². The van der Waals surface area contributed by atoms with Gasteiger partial charge in [-0.15, -0.1) is 0 Å². The van der Waals surface area contributed by atoms with Crippen molar-refractivity contribution in [2.75, 3.05) is 18.0 Å². The lowest BCUT2D eigenvalue weighted by atomic mass is 10.1. The maximum absolute atomic E-state index is 12.8. The highest BCUT2D eigenvalue weighted by molar-refractivity contribution is 8.26. The van der Waals surface area contributed by atoms with Gasteiger partial charge in [0.2, 0.25) is 0 Å². The molecule has 0 radical (unpaired) electrons. The van der Waals surface area contributed by atoms with Crippen LogP contribution < -0.4 is 4.90 Å². The molecule has 1 saturated heterocycles. The molecule has 0 aromatic heterocycles. The van der Waals surface area contributed by atoms with E-state index in [9.17, 15) is 14.4 Å². The Bertz CT molecular complexity index is 803. The van der Waals surface area contributed by atoms with Crippen molar-refractivity contribution in [3.8, 4) is 0 Å². The molecule has 0 spiro atoms. The fourth-order valence-corrected chi connectivity index (χ4v) is 4.14. The van der Waals surface area contributed by atoms with Gasteiger partial charge < -0.3 is 10.0 Å². The van der Waals surface area contributed by atoms with E-state index in [1.54, 1.807) is 4.90 Å². The van der Waals surface area contributed by atoms with Crippen molar-refractivity contribution in [2.24, 2.45) is 0 Å². The molecule has 1 N–H and O–H groups in total. The molecule has 24 heavy (non-hydrogen) atoms. The zero-order valence-electron chi connectivity index (χ0n) is 12.8. The van der Waals surface area contributed by atoms with E-state index in [1.165, 1.54) is 4.90 Å². The normalized spacial score (nSPS) is 20.1. The number of aliphatic carboxylic acids is 1. The Balaban J connectivity index is 2.04. The summed E-state index contributed by atoms with van der Waals surface area (Å²) in [5.41, 5.74) is 1.83. The number of carbonyl (C=O) groups excluding carboxylic acids is 2. The zero-order valence-corrected chi connectivity index (χ0v) is 14.4. The predicted molar refractivity (Wildman–Crippen MR) is 95.5 cm³/mol. The number of thioether (sulfide) groups is 1. The summed E-state index contributed by atoms with van der Waals surface area (Å²) in [7, 11) is 0. The second-order valence-corrected chi connectivity index (χ2v) is 6.88. The lowest BCUT2D eigenvalue weighted by Gasteiger charge is -2.13. The van der Waals surface area contributed by atoms with Gasteiger partial charge in [-0.05, 0) is 13.0 Å². The van der Waals surface area contributed by atoms with Crippen molar-refractivity contribution in [3.63, 3.8) is 0 Å². The fraction of sp³-hybridized carbons (Fsp3) is 0.250. The molecule has 0 saturated carbocycles. The summed E-state index contributed by atoms with van der Waals surface area (Å²) >= 11 is 6.25. The molecule has 3 rings (SSSR count). The first-order valence-electron chi connectivity index (χ1n) is 7.36. The minimum Gasteiger partial charge on any atom is -0.481 e. The van der Waals surface area contributed by atoms with Crippen LogP contribution in [0.2, 0.25) is 0 Å². The van der Waals surface area contributed by atoms with Gasteiger partial charge in [-0.2, -0.15) is 0 Å². The summed E-state index contributed by atoms with van der Waals surface area (Å²) in [6.07, 6.45) is -0.194. The molecule has 0 atom stereocenters. The number of carbonyl (C=O) groups is 3. The quantitative estimate of drug-likeness (QED) is 0.653. The molecule has 1 aromatic rings. The number of hydrogen-bond acceptors (Lipinski definition) is 5. The second-order valence-electron chi connectivity index (χ2n) is 5.24. The summed E-state index contributed by atoms with van der Waals surface area (Å²) < 4.78 is 0.281. The monoisotopic (exact) mass is 362 g/mol. The molecule has 8 heteroatoms. The van der Waals surface area contributed by atoms with Gasteiger partial charge in [0, 0.05) is 18.7 Å². The van der Waals surface area contributed by atoms with Gasteiger partial charge in [-0.1, -0.05) is 42.2 Å². The lowest BCUT2D eigenvalue weighted by molar-refractivity contribution is -0.137. The van der Waals surface area contributed by atoms with Crippen molar-refractivity contribution in [3.05, 3.63) is 34.7 Å². The molecule has 6 nitrogen and oxygen atoms in total. The molecular weight excluding hydrogens is 348 g/mol. The van der Waals surface area contributed by atoms with Gasteiger partial charge >= 0.3 is 5.97 Å². The van der Waals surface area contributed by atoms with Crippen LogP contribution in [-0.4, -0.2) is 45.2 Å². The van der Waals surface area contributed by atoms with Crippen LogP contribution in [0.15, 0.2) is 29.2 Å². The van der Waals surface area contributed by atoms with E-state index in [-0.39, 0.29) is 28.1 Å². The number of nitrogens with zero attached hydrogens (tertiary/aromatic N) is 2. The highest BCUT2D eigenvalue weighted by atomic mass is 32.2. The molecule has 2 aliphatic heterocycles. The smallest absolute Gasteiger partial charge is 0.305 e. The van der Waals surface area contributed by atoms with E-state index < -0.39 is 11.9 Å². The van der Waals surface area contributed by atoms with E-state index >= 15 is 0 Å². The summed E-state index contributed by atoms with van der Waals surface area (Å²) in [5, 5.41) is 8.80. The third kappa shape index (κ3) is 2.61. The molecule has 2 heterocycles. The Hall–Kier alpha value is -2.19. The molecule has 1 fully saturated rings. The van der Waals surface area contributed by atoms with E-state index in [0.29, 0.717) is 17.7 Å². The molecule has 1 aromatic carbocycles. The summed E-state index contributed by atoms with van der Waals surface area (Å²) in [5.74, 6) is -1.63. The van der Waals surface area contributed by atoms with Gasteiger partial charge in [-0.25, -0.2) is 0 Å². The molecule has 124 valence electrons. The van der Waals surface area contributed by atoms with Gasteiger partial charge in [0.1, 0.15) is 4.32 Å². The van der Waals surface area contributed by atoms with Crippen LogP contribution in [-0.2, 0) is 14.4 Å². The molecule has 2 amide bonds. The Morgan fingerprint density at radius 2 is 1.92 bits per heavy atom. The van der Waals surface area contributed by atoms with Crippen molar-refractivity contribution in [1.82, 2.24) is 4.90 Å². The van der Waals surface area contributed by atoms with Crippen LogP contribution in [0.25, 0.3) is 5.57 Å². The van der Waals surface area contributed by atoms with Crippen molar-refractivity contribution in [1.29, 1.82) is 0 Å². The van der Waals surface area contributed by atoms with E-state index in [1.807, 2.05) is 31.2 Å². The highest BCUT2D eigenvalue weighted by Crippen LogP contribution is 2.44. The third-order valence-electron chi connectivity index (χ3n) is 3.86. The highest BCUT2D eigenvalue weighted by Gasteiger charge is 2.41. The minimum absolute atomic E-state index is 0.00408. The number of rotatable bonds is 4. The first-order valence-corrected chi connectivity index (χ1v) is 8.59. The number of para-hydroxylation sites is 1. The summed E-state index contributed by atoms with van der Waals surface area (Å²) in [6, 6.07) is 7.31. The maximum Gasteiger partial charge on any atom is 0.305 e. The van der Waals surface area contributed by atoms with Crippen LogP contribution in [0.5, 0.6) is 0 Å². The number of likely N-dealkylation sites (N-methyl/N-ethyl adjacent to an activating group) is 1. The number of fused-ring (bicyclic) bond motifs is 1. The Morgan fingerprint density at radius 1 is 1.21 bits per heavy atom. The zero-order chi connectivity index (χ0) is 17.4. The molecule has 0 aliphatic carbocycles. The number of anilines is 1. The third-order valence-corrected chi connectivity index (χ3v) is 5.31. The van der Waals surface area contributed by atoms with Crippen molar-refractivity contribution in [2.45, 2.75) is 13.3 Å². The topological polar surface area (TPSA) is 77.9 Å². The number of thiocarbonyl (C=S) groups is 1. The van der Waals surface area contributed by atoms with Crippen molar-refractivity contribution >= 4 is 57.3 Å². The predicted octanol–water partition coefficient (Wildman–Crippen LogP) is 2.10. The number of carboxylic acids is 1. The first-order chi connectivity index (χ1) is 11.5. The Labute approximate surface area is 148 Å². The average molecular weight is 362 g/mol. The van der Waals surface area contributed by atoms with Crippen LogP contribution in [0.3, 0.4) is 0 Å². The van der Waals surface area contributed by atoms with E-state index in [0.717, 1.165) is 17.4 Å². The van der Waals surface area contributed by atoms with E-state index in [2.05, 4.69) is 0 Å². The van der Waals surface area contributed by atoms with Crippen LogP contribution in [0.4, 0.5) is 5.69 Å². The summed E-state index contributed by atoms with van der Waals surface area (Å²) in [4.78, 5) is 39.3. The summed E-state index contributed by atoms with van der Waals surface area (Å²) in [6.45, 7) is 2.37. The molecule has 0 unspecified atom stereocenters. The van der Waals surface area contributed by atoms with Crippen molar-refractivity contribution < 1.29 is 19.5 Å². The lowest BCUT2D eigenvalue weighted by Crippen LogP contribution is -2.31. The standard InChI is InChI=1S/C16H14N2O4S2/c1-2-17-10-6-4-3-5-9(10)12(14(17)21)13-15(22)18(16(23)24-13)8-7-11(19)20/h3-6H,2,7-8H2,1H3,(H,19,20)/b13-12-. The molecular formula is C16H14N2O4S2. The first kappa shape index (κ1) is 16.7. The molecule has 0 bridgehead atoms. The number of carboxylic acid groups (broad SMARTS) is 1. The van der Waals surface area contributed by atoms with Gasteiger partial charge in [-0.3, -0.25) is 19.3 Å². The van der Waals surface area contributed by atoms with E-state index in [4.69, 9.17) is 17.3 Å². The SMILES string of the molecule is CCN1C(=O)/C(=C2\SC(=S)N(CCC(=O)O)C2=O)c2ccccc21. The van der Waals surface area contributed by atoms with Crippen LogP contribution >= 0.6 is 24.0 Å². The minimum atomic E-state index is -1.00. The Morgan fingerprint density at radius 3 is 2.58 bits per heavy atom. The van der Waals surface area contributed by atoms with Crippen LogP contribution in [0, 0.1) is 0 Å². The average Bonchev–Trinajstić information content (AvgIpc) is 2.98. The molecule has 2 aliphatic rings. The van der Waals surface area contributed by atoms with Gasteiger partial charge in [0.05, 0.1) is 22.6 Å². The largest absolute Gasteiger partial charge is 0.481 e. The second kappa shape index (κ2) is 6.37. The number of hydrogen-bond donors (Lipinski definition) is 1. The maximum atomic E-state index is 12.8.